The average molecular weight is 131 g/mol. The van der Waals surface area contributed by atoms with Gasteiger partial charge in [0.2, 0.25) is 0 Å². The van der Waals surface area contributed by atoms with Crippen LogP contribution in [-0.2, 0) is 14.6 Å². The molecule has 0 bridgehead atoms. The third kappa shape index (κ3) is 1.64. The third-order valence-electron chi connectivity index (χ3n) is 1.25. The van der Waals surface area contributed by atoms with Crippen molar-refractivity contribution < 1.29 is 14.6 Å². The monoisotopic (exact) mass is 131 g/mol. The van der Waals surface area contributed by atoms with E-state index in [0.29, 0.717) is 6.61 Å². The maximum Gasteiger partial charge on any atom is 0.163 e. The van der Waals surface area contributed by atoms with Crippen LogP contribution >= 0.6 is 0 Å². The molecule has 0 aromatic heterocycles. The molecule has 0 saturated carbocycles. The van der Waals surface area contributed by atoms with Crippen LogP contribution < -0.4 is 0 Å². The molecule has 3 heteroatoms. The van der Waals surface area contributed by atoms with E-state index in [0.717, 1.165) is 0 Å². The summed E-state index contributed by atoms with van der Waals surface area (Å²) in [5, 5.41) is 10.2. The highest BCUT2D eigenvalue weighted by Crippen LogP contribution is 2.21. The highest BCUT2D eigenvalue weighted by molar-refractivity contribution is 4.68. The molecule has 9 heavy (non-hydrogen) atoms. The molecule has 1 radical (unpaired) electrons. The zero-order valence-electron chi connectivity index (χ0n) is 5.72. The second-order valence-electron chi connectivity index (χ2n) is 2.62. The number of hydrogen-bond donors (Lipinski definition) is 0. The lowest BCUT2D eigenvalue weighted by atomic mass is 10.4. The molecule has 0 aromatic rings. The molecule has 3 nitrogen and oxygen atoms in total. The summed E-state index contributed by atoms with van der Waals surface area (Å²) >= 11 is 0. The smallest absolute Gasteiger partial charge is 0.163 e. The summed E-state index contributed by atoms with van der Waals surface area (Å²) in [6.07, 6.45) is -0.236. The number of ether oxygens (including phenoxy) is 2. The van der Waals surface area contributed by atoms with Gasteiger partial charge in [-0.25, -0.2) is 5.11 Å². The summed E-state index contributed by atoms with van der Waals surface area (Å²) in [4.78, 5) is 0. The van der Waals surface area contributed by atoms with Crippen LogP contribution in [0.5, 0.6) is 0 Å². The van der Waals surface area contributed by atoms with Crippen molar-refractivity contribution in [3.63, 3.8) is 0 Å². The summed E-state index contributed by atoms with van der Waals surface area (Å²) in [5.74, 6) is -0.533. The molecule has 0 aromatic carbocycles. The summed E-state index contributed by atoms with van der Waals surface area (Å²) in [7, 11) is 0. The SMILES string of the molecule is CC1(C)OCC(C[O])O1. The second kappa shape index (κ2) is 2.25. The maximum atomic E-state index is 10.2. The Morgan fingerprint density at radius 1 is 1.67 bits per heavy atom. The van der Waals surface area contributed by atoms with Crippen molar-refractivity contribution in [2.45, 2.75) is 25.7 Å². The fraction of sp³-hybridized carbons (Fsp3) is 1.00. The molecule has 1 atom stereocenters. The molecule has 0 spiro atoms. The standard InChI is InChI=1S/C6H11O3/c1-6(2)8-4-5(3-7)9-6/h5H,3-4H2,1-2H3. The van der Waals surface area contributed by atoms with E-state index in [9.17, 15) is 5.11 Å². The molecule has 1 aliphatic rings. The van der Waals surface area contributed by atoms with Gasteiger partial charge in [-0.05, 0) is 13.8 Å². The highest BCUT2D eigenvalue weighted by Gasteiger charge is 2.32. The Hall–Kier alpha value is -0.120. The lowest BCUT2D eigenvalue weighted by Gasteiger charge is -2.15. The van der Waals surface area contributed by atoms with Crippen molar-refractivity contribution in [3.05, 3.63) is 0 Å². The van der Waals surface area contributed by atoms with Crippen LogP contribution in [0.4, 0.5) is 0 Å². The van der Waals surface area contributed by atoms with E-state index in [1.54, 1.807) is 0 Å². The van der Waals surface area contributed by atoms with Gasteiger partial charge in [0.1, 0.15) is 12.7 Å². The Balaban J connectivity index is 2.38. The largest absolute Gasteiger partial charge is 0.348 e. The third-order valence-corrected chi connectivity index (χ3v) is 1.25. The van der Waals surface area contributed by atoms with E-state index in [2.05, 4.69) is 0 Å². The summed E-state index contributed by atoms with van der Waals surface area (Å²) < 4.78 is 10.3. The molecular weight excluding hydrogens is 120 g/mol. The molecular formula is C6H11O3. The van der Waals surface area contributed by atoms with E-state index in [1.807, 2.05) is 13.8 Å². The minimum atomic E-state index is -0.533. The van der Waals surface area contributed by atoms with Crippen LogP contribution in [0.25, 0.3) is 0 Å². The molecule has 1 saturated heterocycles. The summed E-state index contributed by atoms with van der Waals surface area (Å²) in [6, 6.07) is 0. The van der Waals surface area contributed by atoms with E-state index in [4.69, 9.17) is 9.47 Å². The van der Waals surface area contributed by atoms with Crippen LogP contribution in [0.15, 0.2) is 0 Å². The van der Waals surface area contributed by atoms with Gasteiger partial charge in [0, 0.05) is 0 Å². The van der Waals surface area contributed by atoms with Crippen molar-refractivity contribution in [1.29, 1.82) is 0 Å². The van der Waals surface area contributed by atoms with Crippen molar-refractivity contribution in [2.75, 3.05) is 13.2 Å². The van der Waals surface area contributed by atoms with Crippen LogP contribution in [0.2, 0.25) is 0 Å². The van der Waals surface area contributed by atoms with Crippen LogP contribution in [-0.4, -0.2) is 25.1 Å². The molecule has 1 rings (SSSR count). The lowest BCUT2D eigenvalue weighted by Crippen LogP contribution is -2.22. The predicted molar refractivity (Wildman–Crippen MR) is 30.5 cm³/mol. The van der Waals surface area contributed by atoms with Gasteiger partial charge in [-0.1, -0.05) is 0 Å². The van der Waals surface area contributed by atoms with Gasteiger partial charge in [0.05, 0.1) is 6.61 Å². The number of rotatable bonds is 1. The second-order valence-corrected chi connectivity index (χ2v) is 2.62. The predicted octanol–water partition coefficient (Wildman–Crippen LogP) is 0.568. The van der Waals surface area contributed by atoms with E-state index >= 15 is 0 Å². The molecule has 0 aliphatic carbocycles. The molecule has 1 unspecified atom stereocenters. The first-order chi connectivity index (χ1) is 4.14. The Morgan fingerprint density at radius 3 is 2.56 bits per heavy atom. The Bertz CT molecular complexity index is 100. The van der Waals surface area contributed by atoms with E-state index in [1.165, 1.54) is 0 Å². The van der Waals surface area contributed by atoms with Gasteiger partial charge in [0.15, 0.2) is 5.79 Å². The zero-order chi connectivity index (χ0) is 6.91. The highest BCUT2D eigenvalue weighted by atomic mass is 16.7. The van der Waals surface area contributed by atoms with Crippen LogP contribution in [0.3, 0.4) is 0 Å². The van der Waals surface area contributed by atoms with Crippen LogP contribution in [0.1, 0.15) is 13.8 Å². The normalized spacial score (nSPS) is 33.0. The van der Waals surface area contributed by atoms with Gasteiger partial charge in [-0.15, -0.1) is 0 Å². The molecule has 0 N–H and O–H groups in total. The Kier molecular flexibility index (Phi) is 1.75. The minimum Gasteiger partial charge on any atom is -0.348 e. The van der Waals surface area contributed by atoms with Gasteiger partial charge in [-0.2, -0.15) is 0 Å². The summed E-state index contributed by atoms with van der Waals surface area (Å²) in [6.45, 7) is 3.85. The summed E-state index contributed by atoms with van der Waals surface area (Å²) in [5.41, 5.74) is 0. The first-order valence-electron chi connectivity index (χ1n) is 3.04. The van der Waals surface area contributed by atoms with Crippen molar-refractivity contribution >= 4 is 0 Å². The quantitative estimate of drug-likeness (QED) is 0.521. The van der Waals surface area contributed by atoms with Gasteiger partial charge < -0.3 is 9.47 Å². The Morgan fingerprint density at radius 2 is 2.33 bits per heavy atom. The minimum absolute atomic E-state index is 0.205. The molecule has 0 amide bonds. The first-order valence-corrected chi connectivity index (χ1v) is 3.04. The topological polar surface area (TPSA) is 38.4 Å². The van der Waals surface area contributed by atoms with E-state index in [-0.39, 0.29) is 12.7 Å². The van der Waals surface area contributed by atoms with Crippen molar-refractivity contribution in [3.8, 4) is 0 Å². The fourth-order valence-corrected chi connectivity index (χ4v) is 0.845. The Labute approximate surface area is 54.6 Å². The van der Waals surface area contributed by atoms with Gasteiger partial charge in [0.25, 0.3) is 0 Å². The van der Waals surface area contributed by atoms with Gasteiger partial charge >= 0.3 is 0 Å². The maximum absolute atomic E-state index is 10.2. The molecule has 53 valence electrons. The van der Waals surface area contributed by atoms with Gasteiger partial charge in [-0.3, -0.25) is 0 Å². The van der Waals surface area contributed by atoms with Crippen molar-refractivity contribution in [1.82, 2.24) is 0 Å². The average Bonchev–Trinajstić information content (AvgIpc) is 2.10. The molecule has 1 heterocycles. The number of hydrogen-bond acceptors (Lipinski definition) is 2. The first kappa shape index (κ1) is 6.99. The lowest BCUT2D eigenvalue weighted by molar-refractivity contribution is -0.144. The molecule has 1 fully saturated rings. The van der Waals surface area contributed by atoms with Crippen molar-refractivity contribution in [2.24, 2.45) is 0 Å². The van der Waals surface area contributed by atoms with Crippen LogP contribution in [0, 0.1) is 0 Å². The van der Waals surface area contributed by atoms with E-state index < -0.39 is 5.79 Å². The molecule has 1 aliphatic heterocycles. The zero-order valence-corrected chi connectivity index (χ0v) is 5.72. The fourth-order valence-electron chi connectivity index (χ4n) is 0.845.